The number of carboxylic acid groups (broad SMARTS) is 1. The van der Waals surface area contributed by atoms with E-state index in [1.807, 2.05) is 49.4 Å². The standard InChI is InChI=1S/C30H24ClNO4/c1-19-7-6-8-22(17-19)32(28(29(33)34)20-13-15-21(31)16-14-20)30(35)36-18-27-25-11-4-2-9-23(25)24-10-3-5-12-26(24)27/h2-17,27-28H,18H2,1H3,(H,33,34). The van der Waals surface area contributed by atoms with Gasteiger partial charge in [-0.05, 0) is 64.6 Å². The molecule has 1 aliphatic rings. The minimum absolute atomic E-state index is 0.0854. The fourth-order valence-electron chi connectivity index (χ4n) is 4.85. The first-order chi connectivity index (χ1) is 17.4. The topological polar surface area (TPSA) is 66.8 Å². The molecule has 4 aromatic carbocycles. The first-order valence-corrected chi connectivity index (χ1v) is 12.0. The number of amides is 1. The van der Waals surface area contributed by atoms with Gasteiger partial charge >= 0.3 is 12.1 Å². The van der Waals surface area contributed by atoms with Crippen LogP contribution in [0.25, 0.3) is 11.1 Å². The second kappa shape index (κ2) is 9.88. The van der Waals surface area contributed by atoms with Crippen molar-refractivity contribution in [1.29, 1.82) is 0 Å². The molecular weight excluding hydrogens is 474 g/mol. The van der Waals surface area contributed by atoms with Crippen molar-refractivity contribution < 1.29 is 19.4 Å². The van der Waals surface area contributed by atoms with Crippen molar-refractivity contribution in [3.8, 4) is 11.1 Å². The van der Waals surface area contributed by atoms with Crippen LogP contribution in [0.2, 0.25) is 5.02 Å². The molecule has 0 spiro atoms. The maximum Gasteiger partial charge on any atom is 0.415 e. The largest absolute Gasteiger partial charge is 0.479 e. The molecule has 36 heavy (non-hydrogen) atoms. The van der Waals surface area contributed by atoms with Gasteiger partial charge in [0.2, 0.25) is 0 Å². The van der Waals surface area contributed by atoms with E-state index in [0.717, 1.165) is 27.8 Å². The lowest BCUT2D eigenvalue weighted by molar-refractivity contribution is -0.138. The van der Waals surface area contributed by atoms with Gasteiger partial charge in [0.25, 0.3) is 0 Å². The van der Waals surface area contributed by atoms with Crippen LogP contribution < -0.4 is 4.90 Å². The summed E-state index contributed by atoms with van der Waals surface area (Å²) in [5.41, 5.74) is 6.16. The van der Waals surface area contributed by atoms with E-state index in [-0.39, 0.29) is 12.5 Å². The maximum absolute atomic E-state index is 13.6. The number of ether oxygens (including phenoxy) is 1. The van der Waals surface area contributed by atoms with Crippen LogP contribution in [-0.4, -0.2) is 23.8 Å². The van der Waals surface area contributed by atoms with Gasteiger partial charge < -0.3 is 9.84 Å². The normalized spacial score (nSPS) is 12.9. The van der Waals surface area contributed by atoms with Crippen molar-refractivity contribution in [2.24, 2.45) is 0 Å². The van der Waals surface area contributed by atoms with Crippen molar-refractivity contribution in [3.05, 3.63) is 124 Å². The molecule has 0 saturated carbocycles. The van der Waals surface area contributed by atoms with Crippen molar-refractivity contribution in [3.63, 3.8) is 0 Å². The molecule has 4 aromatic rings. The molecule has 1 N–H and O–H groups in total. The van der Waals surface area contributed by atoms with Crippen LogP contribution in [0.15, 0.2) is 97.1 Å². The minimum Gasteiger partial charge on any atom is -0.479 e. The monoisotopic (exact) mass is 497 g/mol. The molecule has 6 heteroatoms. The molecule has 0 radical (unpaired) electrons. The summed E-state index contributed by atoms with van der Waals surface area (Å²) in [4.78, 5) is 27.3. The number of aryl methyl sites for hydroxylation is 1. The van der Waals surface area contributed by atoms with Gasteiger partial charge in [0.1, 0.15) is 6.61 Å². The zero-order valence-corrected chi connectivity index (χ0v) is 20.4. The van der Waals surface area contributed by atoms with Crippen molar-refractivity contribution in [2.45, 2.75) is 18.9 Å². The summed E-state index contributed by atoms with van der Waals surface area (Å²) in [5.74, 6) is -1.31. The molecular formula is C30H24ClNO4. The Bertz CT molecular complexity index is 1390. The lowest BCUT2D eigenvalue weighted by Crippen LogP contribution is -2.40. The number of anilines is 1. The van der Waals surface area contributed by atoms with Crippen LogP contribution >= 0.6 is 11.6 Å². The molecule has 5 nitrogen and oxygen atoms in total. The van der Waals surface area contributed by atoms with E-state index in [4.69, 9.17) is 16.3 Å². The van der Waals surface area contributed by atoms with Gasteiger partial charge in [-0.15, -0.1) is 0 Å². The molecule has 1 atom stereocenters. The third-order valence-electron chi connectivity index (χ3n) is 6.49. The number of carboxylic acids is 1. The quantitative estimate of drug-likeness (QED) is 0.305. The first-order valence-electron chi connectivity index (χ1n) is 11.6. The number of carbonyl (C=O) groups is 2. The Morgan fingerprint density at radius 1 is 0.889 bits per heavy atom. The molecule has 0 aliphatic heterocycles. The minimum atomic E-state index is -1.29. The van der Waals surface area contributed by atoms with Crippen LogP contribution in [0.5, 0.6) is 0 Å². The van der Waals surface area contributed by atoms with E-state index in [2.05, 4.69) is 12.1 Å². The van der Waals surface area contributed by atoms with Gasteiger partial charge in [-0.2, -0.15) is 0 Å². The highest BCUT2D eigenvalue weighted by atomic mass is 35.5. The third-order valence-corrected chi connectivity index (χ3v) is 6.74. The Labute approximate surface area is 214 Å². The Kier molecular flexibility index (Phi) is 6.49. The fourth-order valence-corrected chi connectivity index (χ4v) is 4.97. The van der Waals surface area contributed by atoms with E-state index >= 15 is 0 Å². The average Bonchev–Trinajstić information content (AvgIpc) is 3.20. The second-order valence-corrected chi connectivity index (χ2v) is 9.24. The number of rotatable bonds is 6. The summed E-state index contributed by atoms with van der Waals surface area (Å²) in [6, 6.07) is 28.4. The SMILES string of the molecule is Cc1cccc(N(C(=O)OCC2c3ccccc3-c3ccccc32)C(C(=O)O)c2ccc(Cl)cc2)c1. The van der Waals surface area contributed by atoms with Gasteiger partial charge in [-0.25, -0.2) is 9.59 Å². The summed E-state index contributed by atoms with van der Waals surface area (Å²) in [5, 5.41) is 10.7. The van der Waals surface area contributed by atoms with Crippen molar-refractivity contribution >= 4 is 29.4 Å². The Morgan fingerprint density at radius 2 is 1.50 bits per heavy atom. The first kappa shape index (κ1) is 23.6. The van der Waals surface area contributed by atoms with Gasteiger partial charge in [-0.3, -0.25) is 4.90 Å². The van der Waals surface area contributed by atoms with Gasteiger partial charge in [0, 0.05) is 16.6 Å². The molecule has 1 aliphatic carbocycles. The second-order valence-electron chi connectivity index (χ2n) is 8.81. The van der Waals surface area contributed by atoms with Crippen LogP contribution in [0.4, 0.5) is 10.5 Å². The number of halogens is 1. The molecule has 5 rings (SSSR count). The predicted molar refractivity (Wildman–Crippen MR) is 141 cm³/mol. The van der Waals surface area contributed by atoms with Crippen molar-refractivity contribution in [1.82, 2.24) is 0 Å². The van der Waals surface area contributed by atoms with Crippen molar-refractivity contribution in [2.75, 3.05) is 11.5 Å². The number of fused-ring (bicyclic) bond motifs is 3. The molecule has 180 valence electrons. The number of aliphatic carboxylic acids is 1. The molecule has 1 amide bonds. The van der Waals surface area contributed by atoms with Gasteiger partial charge in [0.15, 0.2) is 6.04 Å². The lowest BCUT2D eigenvalue weighted by atomic mass is 9.98. The number of hydrogen-bond acceptors (Lipinski definition) is 3. The van der Waals surface area contributed by atoms with E-state index in [1.54, 1.807) is 42.5 Å². The summed E-state index contributed by atoms with van der Waals surface area (Å²) < 4.78 is 5.87. The smallest absolute Gasteiger partial charge is 0.415 e. The molecule has 0 aromatic heterocycles. The highest BCUT2D eigenvalue weighted by Gasteiger charge is 2.35. The molecule has 0 bridgehead atoms. The Balaban J connectivity index is 1.49. The molecule has 0 heterocycles. The zero-order chi connectivity index (χ0) is 25.2. The number of benzene rings is 4. The molecule has 1 unspecified atom stereocenters. The fraction of sp³-hybridized carbons (Fsp3) is 0.133. The Morgan fingerprint density at radius 3 is 2.08 bits per heavy atom. The molecule has 0 saturated heterocycles. The number of nitrogens with zero attached hydrogens (tertiary/aromatic N) is 1. The summed E-state index contributed by atoms with van der Waals surface area (Å²) in [6.07, 6.45) is -0.732. The summed E-state index contributed by atoms with van der Waals surface area (Å²) in [6.45, 7) is 1.97. The highest BCUT2D eigenvalue weighted by molar-refractivity contribution is 6.30. The summed E-state index contributed by atoms with van der Waals surface area (Å²) >= 11 is 6.03. The van der Waals surface area contributed by atoms with Crippen LogP contribution in [-0.2, 0) is 9.53 Å². The number of hydrogen-bond donors (Lipinski definition) is 1. The maximum atomic E-state index is 13.6. The van der Waals surface area contributed by atoms with E-state index in [9.17, 15) is 14.7 Å². The van der Waals surface area contributed by atoms with Crippen LogP contribution in [0, 0.1) is 6.92 Å². The van der Waals surface area contributed by atoms with E-state index in [0.29, 0.717) is 16.3 Å². The van der Waals surface area contributed by atoms with E-state index in [1.165, 1.54) is 4.90 Å². The number of carbonyl (C=O) groups excluding carboxylic acids is 1. The van der Waals surface area contributed by atoms with Crippen LogP contribution in [0.1, 0.15) is 34.2 Å². The molecule has 0 fully saturated rings. The zero-order valence-electron chi connectivity index (χ0n) is 19.6. The third kappa shape index (κ3) is 4.45. The summed E-state index contributed by atoms with van der Waals surface area (Å²) in [7, 11) is 0. The predicted octanol–water partition coefficient (Wildman–Crippen LogP) is 7.23. The Hall–Kier alpha value is -4.09. The highest BCUT2D eigenvalue weighted by Crippen LogP contribution is 2.44. The van der Waals surface area contributed by atoms with E-state index < -0.39 is 18.1 Å². The van der Waals surface area contributed by atoms with Gasteiger partial charge in [0.05, 0.1) is 0 Å². The van der Waals surface area contributed by atoms with Crippen LogP contribution in [0.3, 0.4) is 0 Å². The van der Waals surface area contributed by atoms with Gasteiger partial charge in [-0.1, -0.05) is 84.4 Å². The average molecular weight is 498 g/mol. The lowest BCUT2D eigenvalue weighted by Gasteiger charge is -2.29.